The predicted octanol–water partition coefficient (Wildman–Crippen LogP) is 4.63. The summed E-state index contributed by atoms with van der Waals surface area (Å²) in [4.78, 5) is 0. The van der Waals surface area contributed by atoms with Gasteiger partial charge in [-0.05, 0) is 42.8 Å². The second kappa shape index (κ2) is 5.17. The SMILES string of the molecule is CC(N)(O[Si](C)(C)C(C)(C)C)c1ccc(F)c(Cl)c1. The molecule has 2 N–H and O–H groups in total. The van der Waals surface area contributed by atoms with Crippen LogP contribution in [0.15, 0.2) is 18.2 Å². The van der Waals surface area contributed by atoms with Crippen LogP contribution in [0.4, 0.5) is 4.39 Å². The minimum absolute atomic E-state index is 0.0530. The van der Waals surface area contributed by atoms with Crippen LogP contribution in [-0.4, -0.2) is 8.32 Å². The molecule has 0 spiro atoms. The van der Waals surface area contributed by atoms with Gasteiger partial charge in [-0.1, -0.05) is 38.4 Å². The minimum Gasteiger partial charge on any atom is -0.396 e. The molecule has 0 bridgehead atoms. The Morgan fingerprint density at radius 3 is 2.16 bits per heavy atom. The molecule has 0 amide bonds. The monoisotopic (exact) mass is 303 g/mol. The third kappa shape index (κ3) is 3.78. The molecular weight excluding hydrogens is 281 g/mol. The molecule has 0 aliphatic heterocycles. The highest BCUT2D eigenvalue weighted by atomic mass is 35.5. The van der Waals surface area contributed by atoms with E-state index in [1.807, 2.05) is 0 Å². The molecule has 0 heterocycles. The minimum atomic E-state index is -2.02. The van der Waals surface area contributed by atoms with Crippen molar-refractivity contribution >= 4 is 19.9 Å². The van der Waals surface area contributed by atoms with E-state index in [9.17, 15) is 4.39 Å². The first-order valence-electron chi connectivity index (χ1n) is 6.31. The maximum atomic E-state index is 13.2. The highest BCUT2D eigenvalue weighted by Gasteiger charge is 2.42. The summed E-state index contributed by atoms with van der Waals surface area (Å²) in [6.07, 6.45) is 0. The Morgan fingerprint density at radius 1 is 1.21 bits per heavy atom. The summed E-state index contributed by atoms with van der Waals surface area (Å²) in [6, 6.07) is 4.47. The van der Waals surface area contributed by atoms with E-state index in [-0.39, 0.29) is 10.1 Å². The first-order chi connectivity index (χ1) is 8.37. The van der Waals surface area contributed by atoms with Crippen molar-refractivity contribution in [2.24, 2.45) is 5.73 Å². The quantitative estimate of drug-likeness (QED) is 0.652. The molecule has 0 aromatic heterocycles. The van der Waals surface area contributed by atoms with Crippen molar-refractivity contribution in [2.75, 3.05) is 0 Å². The lowest BCUT2D eigenvalue weighted by atomic mass is 10.1. The van der Waals surface area contributed by atoms with Crippen LogP contribution >= 0.6 is 11.6 Å². The van der Waals surface area contributed by atoms with Gasteiger partial charge >= 0.3 is 0 Å². The Morgan fingerprint density at radius 2 is 1.74 bits per heavy atom. The molecule has 1 rings (SSSR count). The van der Waals surface area contributed by atoms with Gasteiger partial charge in [0.05, 0.1) is 5.02 Å². The van der Waals surface area contributed by atoms with Crippen molar-refractivity contribution in [3.63, 3.8) is 0 Å². The van der Waals surface area contributed by atoms with Gasteiger partial charge in [-0.2, -0.15) is 0 Å². The molecule has 0 fully saturated rings. The molecule has 1 atom stereocenters. The summed E-state index contributed by atoms with van der Waals surface area (Å²) >= 11 is 5.81. The molecule has 108 valence electrons. The zero-order chi connectivity index (χ0) is 15.1. The van der Waals surface area contributed by atoms with Crippen LogP contribution in [0.5, 0.6) is 0 Å². The van der Waals surface area contributed by atoms with Crippen LogP contribution in [0, 0.1) is 5.82 Å². The van der Waals surface area contributed by atoms with Crippen LogP contribution in [0.2, 0.25) is 23.2 Å². The second-order valence-electron chi connectivity index (χ2n) is 6.60. The highest BCUT2D eigenvalue weighted by molar-refractivity contribution is 6.74. The lowest BCUT2D eigenvalue weighted by molar-refractivity contribution is 0.0768. The smallest absolute Gasteiger partial charge is 0.194 e. The van der Waals surface area contributed by atoms with Crippen molar-refractivity contribution in [1.82, 2.24) is 0 Å². The van der Waals surface area contributed by atoms with Gasteiger partial charge in [0.1, 0.15) is 11.5 Å². The summed E-state index contributed by atoms with van der Waals surface area (Å²) in [5.41, 5.74) is 5.98. The molecule has 1 unspecified atom stereocenters. The molecule has 1 aromatic carbocycles. The number of hydrogen-bond acceptors (Lipinski definition) is 2. The largest absolute Gasteiger partial charge is 0.396 e. The van der Waals surface area contributed by atoms with Crippen LogP contribution in [-0.2, 0) is 10.2 Å². The van der Waals surface area contributed by atoms with Crippen molar-refractivity contribution < 1.29 is 8.82 Å². The summed E-state index contributed by atoms with van der Waals surface area (Å²) in [5, 5.41) is 0.116. The molecule has 0 aliphatic carbocycles. The summed E-state index contributed by atoms with van der Waals surface area (Å²) in [6.45, 7) is 12.5. The summed E-state index contributed by atoms with van der Waals surface area (Å²) in [7, 11) is -2.02. The van der Waals surface area contributed by atoms with Crippen LogP contribution in [0.1, 0.15) is 33.3 Å². The van der Waals surface area contributed by atoms with Crippen LogP contribution < -0.4 is 5.73 Å². The molecule has 2 nitrogen and oxygen atoms in total. The van der Waals surface area contributed by atoms with Gasteiger partial charge in [0.25, 0.3) is 0 Å². The van der Waals surface area contributed by atoms with Gasteiger partial charge in [0, 0.05) is 0 Å². The van der Waals surface area contributed by atoms with E-state index in [1.54, 1.807) is 13.0 Å². The molecule has 19 heavy (non-hydrogen) atoms. The predicted molar refractivity (Wildman–Crippen MR) is 81.2 cm³/mol. The van der Waals surface area contributed by atoms with Gasteiger partial charge in [-0.15, -0.1) is 0 Å². The van der Waals surface area contributed by atoms with Gasteiger partial charge in [0.2, 0.25) is 0 Å². The molecule has 5 heteroatoms. The van der Waals surface area contributed by atoms with Crippen molar-refractivity contribution in [3.05, 3.63) is 34.6 Å². The zero-order valence-electron chi connectivity index (χ0n) is 12.5. The number of hydrogen-bond donors (Lipinski definition) is 1. The lowest BCUT2D eigenvalue weighted by Crippen LogP contribution is -2.51. The second-order valence-corrected chi connectivity index (χ2v) is 11.7. The van der Waals surface area contributed by atoms with Gasteiger partial charge in [-0.3, -0.25) is 0 Å². The van der Waals surface area contributed by atoms with E-state index >= 15 is 0 Å². The Bertz CT molecular complexity index is 469. The molecule has 0 radical (unpaired) electrons. The Kier molecular flexibility index (Phi) is 4.52. The fraction of sp³-hybridized carbons (Fsp3) is 0.571. The van der Waals surface area contributed by atoms with E-state index in [0.29, 0.717) is 5.56 Å². The maximum absolute atomic E-state index is 13.2. The average Bonchev–Trinajstić information content (AvgIpc) is 2.18. The average molecular weight is 304 g/mol. The lowest BCUT2D eigenvalue weighted by Gasteiger charge is -2.42. The number of nitrogens with two attached hydrogens (primary N) is 1. The topological polar surface area (TPSA) is 35.2 Å². The third-order valence-corrected chi connectivity index (χ3v) is 8.60. The van der Waals surface area contributed by atoms with E-state index in [1.165, 1.54) is 12.1 Å². The maximum Gasteiger partial charge on any atom is 0.194 e. The molecule has 1 aromatic rings. The number of benzene rings is 1. The molecule has 0 saturated heterocycles. The first kappa shape index (κ1) is 16.6. The van der Waals surface area contributed by atoms with Gasteiger partial charge in [-0.25, -0.2) is 4.39 Å². The van der Waals surface area contributed by atoms with Crippen LogP contribution in [0.25, 0.3) is 0 Å². The first-order valence-corrected chi connectivity index (χ1v) is 9.60. The Hall–Kier alpha value is -0.423. The number of rotatable bonds is 3. The van der Waals surface area contributed by atoms with E-state index in [0.717, 1.165) is 0 Å². The van der Waals surface area contributed by atoms with Gasteiger partial charge in [0.15, 0.2) is 8.32 Å². The van der Waals surface area contributed by atoms with Crippen molar-refractivity contribution in [1.29, 1.82) is 0 Å². The normalized spacial score (nSPS) is 16.3. The van der Waals surface area contributed by atoms with Crippen LogP contribution in [0.3, 0.4) is 0 Å². The van der Waals surface area contributed by atoms with E-state index in [4.69, 9.17) is 21.8 Å². The molecule has 0 aliphatic rings. The zero-order valence-corrected chi connectivity index (χ0v) is 14.2. The van der Waals surface area contributed by atoms with Gasteiger partial charge < -0.3 is 10.2 Å². The van der Waals surface area contributed by atoms with E-state index < -0.39 is 19.9 Å². The van der Waals surface area contributed by atoms with E-state index in [2.05, 4.69) is 33.9 Å². The Balaban J connectivity index is 3.07. The standard InChI is InChI=1S/C14H23ClFNOSi/c1-13(2,3)19(5,6)18-14(4,17)10-7-8-12(16)11(15)9-10/h7-9H,17H2,1-6H3. The summed E-state index contributed by atoms with van der Waals surface area (Å²) < 4.78 is 19.4. The summed E-state index contributed by atoms with van der Waals surface area (Å²) in [5.74, 6) is -0.450. The number of halogens is 2. The Labute approximate surface area is 121 Å². The fourth-order valence-electron chi connectivity index (χ4n) is 1.55. The highest BCUT2D eigenvalue weighted by Crippen LogP contribution is 2.40. The molecular formula is C14H23ClFNOSi. The fourth-order valence-corrected chi connectivity index (χ4v) is 3.21. The third-order valence-electron chi connectivity index (χ3n) is 3.77. The van der Waals surface area contributed by atoms with Crippen molar-refractivity contribution in [3.8, 4) is 0 Å². The molecule has 0 saturated carbocycles. The van der Waals surface area contributed by atoms with Crippen molar-refractivity contribution in [2.45, 2.75) is 51.6 Å².